The Bertz CT molecular complexity index is 785. The first-order valence-corrected chi connectivity index (χ1v) is 8.63. The molecule has 0 bridgehead atoms. The van der Waals surface area contributed by atoms with Crippen LogP contribution >= 0.6 is 0 Å². The molecular formula is C19H20N2O4. The number of benzene rings is 1. The van der Waals surface area contributed by atoms with Gasteiger partial charge in [0.15, 0.2) is 5.76 Å². The highest BCUT2D eigenvalue weighted by atomic mass is 16.5. The standard InChI is InChI=1S/C19H20N2O4/c22-18(20-14-6-7-16-13(12-14)8-11-25-16)15-4-1-2-9-21(15)19(23)17-5-3-10-24-17/h3,5-7,10,12,15H,1-2,4,8-9,11H2,(H,20,22). The maximum absolute atomic E-state index is 12.8. The van der Waals surface area contributed by atoms with Crippen LogP contribution in [-0.2, 0) is 11.2 Å². The van der Waals surface area contributed by atoms with E-state index >= 15 is 0 Å². The Hall–Kier alpha value is -2.76. The maximum atomic E-state index is 12.8. The van der Waals surface area contributed by atoms with Crippen molar-refractivity contribution < 1.29 is 18.7 Å². The molecule has 1 saturated heterocycles. The molecule has 2 aromatic rings. The van der Waals surface area contributed by atoms with Crippen LogP contribution in [0.4, 0.5) is 5.69 Å². The van der Waals surface area contributed by atoms with Crippen LogP contribution < -0.4 is 10.1 Å². The molecule has 25 heavy (non-hydrogen) atoms. The number of furan rings is 1. The highest BCUT2D eigenvalue weighted by Crippen LogP contribution is 2.28. The van der Waals surface area contributed by atoms with Crippen LogP contribution in [-0.4, -0.2) is 35.9 Å². The number of hydrogen-bond acceptors (Lipinski definition) is 4. The van der Waals surface area contributed by atoms with E-state index in [-0.39, 0.29) is 17.6 Å². The third-order valence-corrected chi connectivity index (χ3v) is 4.76. The summed E-state index contributed by atoms with van der Waals surface area (Å²) in [5.41, 5.74) is 1.84. The normalized spacial score (nSPS) is 19.2. The molecule has 2 amide bonds. The molecule has 130 valence electrons. The summed E-state index contributed by atoms with van der Waals surface area (Å²) in [5.74, 6) is 0.769. The highest BCUT2D eigenvalue weighted by molar-refractivity contribution is 6.00. The van der Waals surface area contributed by atoms with E-state index in [0.717, 1.165) is 36.3 Å². The first-order chi connectivity index (χ1) is 12.2. The van der Waals surface area contributed by atoms with Gasteiger partial charge in [-0.25, -0.2) is 0 Å². The van der Waals surface area contributed by atoms with E-state index in [1.807, 2.05) is 18.2 Å². The predicted octanol–water partition coefficient (Wildman–Crippen LogP) is 2.85. The van der Waals surface area contributed by atoms with Crippen LogP contribution in [0.2, 0.25) is 0 Å². The van der Waals surface area contributed by atoms with Gasteiger partial charge in [-0.15, -0.1) is 0 Å². The lowest BCUT2D eigenvalue weighted by Gasteiger charge is -2.34. The number of piperidine rings is 1. The molecule has 2 aliphatic rings. The van der Waals surface area contributed by atoms with Crippen molar-refractivity contribution in [3.8, 4) is 5.75 Å². The Balaban J connectivity index is 1.50. The van der Waals surface area contributed by atoms with Crippen LogP contribution in [0.25, 0.3) is 0 Å². The number of anilines is 1. The van der Waals surface area contributed by atoms with Crippen molar-refractivity contribution in [2.75, 3.05) is 18.5 Å². The minimum atomic E-state index is -0.476. The van der Waals surface area contributed by atoms with Crippen LogP contribution in [0, 0.1) is 0 Å². The molecule has 1 N–H and O–H groups in total. The number of nitrogens with zero attached hydrogens (tertiary/aromatic N) is 1. The SMILES string of the molecule is O=C(Nc1ccc2c(c1)CCO2)C1CCCCN1C(=O)c1ccco1. The predicted molar refractivity (Wildman–Crippen MR) is 91.7 cm³/mol. The van der Waals surface area contributed by atoms with E-state index in [4.69, 9.17) is 9.15 Å². The van der Waals surface area contributed by atoms with Gasteiger partial charge in [0, 0.05) is 18.7 Å². The summed E-state index contributed by atoms with van der Waals surface area (Å²) in [7, 11) is 0. The summed E-state index contributed by atoms with van der Waals surface area (Å²) in [4.78, 5) is 27.0. The largest absolute Gasteiger partial charge is 0.493 e. The van der Waals surface area contributed by atoms with Gasteiger partial charge in [0.05, 0.1) is 12.9 Å². The fourth-order valence-electron chi connectivity index (χ4n) is 3.48. The van der Waals surface area contributed by atoms with Gasteiger partial charge in [-0.05, 0) is 55.2 Å². The number of hydrogen-bond donors (Lipinski definition) is 1. The van der Waals surface area contributed by atoms with Crippen molar-refractivity contribution in [2.45, 2.75) is 31.7 Å². The Morgan fingerprint density at radius 1 is 1.20 bits per heavy atom. The maximum Gasteiger partial charge on any atom is 0.290 e. The molecule has 1 aromatic carbocycles. The summed E-state index contributed by atoms with van der Waals surface area (Å²) in [6, 6.07) is 8.50. The van der Waals surface area contributed by atoms with Gasteiger partial charge in [-0.1, -0.05) is 0 Å². The molecule has 0 saturated carbocycles. The average molecular weight is 340 g/mol. The second-order valence-electron chi connectivity index (χ2n) is 6.40. The minimum Gasteiger partial charge on any atom is -0.493 e. The smallest absolute Gasteiger partial charge is 0.290 e. The molecule has 1 unspecified atom stereocenters. The average Bonchev–Trinajstić information content (AvgIpc) is 3.32. The second-order valence-corrected chi connectivity index (χ2v) is 6.40. The number of carbonyl (C=O) groups is 2. The van der Waals surface area contributed by atoms with E-state index in [2.05, 4.69) is 5.32 Å². The molecule has 6 nitrogen and oxygen atoms in total. The van der Waals surface area contributed by atoms with Gasteiger partial charge in [0.2, 0.25) is 5.91 Å². The molecule has 4 rings (SSSR count). The fourth-order valence-corrected chi connectivity index (χ4v) is 3.48. The van der Waals surface area contributed by atoms with Crippen molar-refractivity contribution in [2.24, 2.45) is 0 Å². The van der Waals surface area contributed by atoms with Crippen LogP contribution in [0.15, 0.2) is 41.0 Å². The van der Waals surface area contributed by atoms with Gasteiger partial charge in [-0.3, -0.25) is 9.59 Å². The second kappa shape index (κ2) is 6.63. The Kier molecular flexibility index (Phi) is 4.17. The lowest BCUT2D eigenvalue weighted by Crippen LogP contribution is -2.49. The molecule has 3 heterocycles. The summed E-state index contributed by atoms with van der Waals surface area (Å²) < 4.78 is 10.7. The summed E-state index contributed by atoms with van der Waals surface area (Å²) >= 11 is 0. The van der Waals surface area contributed by atoms with Crippen LogP contribution in [0.5, 0.6) is 5.75 Å². The third kappa shape index (κ3) is 3.12. The Morgan fingerprint density at radius 3 is 2.96 bits per heavy atom. The zero-order valence-corrected chi connectivity index (χ0v) is 13.9. The molecule has 0 spiro atoms. The number of fused-ring (bicyclic) bond motifs is 1. The van der Waals surface area contributed by atoms with E-state index in [1.165, 1.54) is 6.26 Å². The highest BCUT2D eigenvalue weighted by Gasteiger charge is 2.33. The van der Waals surface area contributed by atoms with E-state index in [9.17, 15) is 9.59 Å². The molecule has 1 aromatic heterocycles. The summed E-state index contributed by atoms with van der Waals surface area (Å²) in [5, 5.41) is 2.95. The molecule has 0 aliphatic carbocycles. The number of carbonyl (C=O) groups excluding carboxylic acids is 2. The minimum absolute atomic E-state index is 0.154. The number of rotatable bonds is 3. The Morgan fingerprint density at radius 2 is 2.12 bits per heavy atom. The van der Waals surface area contributed by atoms with Crippen molar-refractivity contribution in [1.29, 1.82) is 0 Å². The third-order valence-electron chi connectivity index (χ3n) is 4.76. The summed E-state index contributed by atoms with van der Waals surface area (Å²) in [6.07, 6.45) is 4.81. The van der Waals surface area contributed by atoms with Gasteiger partial charge in [0.1, 0.15) is 11.8 Å². The van der Waals surface area contributed by atoms with Crippen molar-refractivity contribution in [1.82, 2.24) is 4.90 Å². The van der Waals surface area contributed by atoms with E-state index in [1.54, 1.807) is 17.0 Å². The number of amides is 2. The van der Waals surface area contributed by atoms with Crippen molar-refractivity contribution >= 4 is 17.5 Å². The van der Waals surface area contributed by atoms with Crippen molar-refractivity contribution in [3.63, 3.8) is 0 Å². The molecular weight excluding hydrogens is 320 g/mol. The molecule has 1 atom stereocenters. The number of ether oxygens (including phenoxy) is 1. The van der Waals surface area contributed by atoms with Gasteiger partial charge >= 0.3 is 0 Å². The number of nitrogens with one attached hydrogen (secondary N) is 1. The zero-order valence-electron chi connectivity index (χ0n) is 13.9. The van der Waals surface area contributed by atoms with Gasteiger partial charge in [-0.2, -0.15) is 0 Å². The molecule has 1 fully saturated rings. The van der Waals surface area contributed by atoms with Crippen LogP contribution in [0.3, 0.4) is 0 Å². The first kappa shape index (κ1) is 15.7. The van der Waals surface area contributed by atoms with E-state index in [0.29, 0.717) is 19.6 Å². The Labute approximate surface area is 145 Å². The van der Waals surface area contributed by atoms with Gasteiger partial charge < -0.3 is 19.4 Å². The topological polar surface area (TPSA) is 71.8 Å². The lowest BCUT2D eigenvalue weighted by molar-refractivity contribution is -0.121. The molecule has 6 heteroatoms. The first-order valence-electron chi connectivity index (χ1n) is 8.63. The zero-order chi connectivity index (χ0) is 17.2. The monoisotopic (exact) mass is 340 g/mol. The lowest BCUT2D eigenvalue weighted by atomic mass is 10.0. The van der Waals surface area contributed by atoms with Crippen molar-refractivity contribution in [3.05, 3.63) is 47.9 Å². The van der Waals surface area contributed by atoms with Gasteiger partial charge in [0.25, 0.3) is 5.91 Å². The summed E-state index contributed by atoms with van der Waals surface area (Å²) in [6.45, 7) is 1.25. The molecule has 2 aliphatic heterocycles. The van der Waals surface area contributed by atoms with E-state index < -0.39 is 6.04 Å². The fraction of sp³-hybridized carbons (Fsp3) is 0.368. The quantitative estimate of drug-likeness (QED) is 0.932. The van der Waals surface area contributed by atoms with Crippen LogP contribution in [0.1, 0.15) is 35.4 Å². The molecule has 0 radical (unpaired) electrons. The number of likely N-dealkylation sites (tertiary alicyclic amines) is 1.